The Kier molecular flexibility index (Phi) is 7.65. The van der Waals surface area contributed by atoms with Gasteiger partial charge in [0, 0.05) is 24.5 Å². The van der Waals surface area contributed by atoms with Crippen molar-refractivity contribution in [2.75, 3.05) is 10.8 Å². The number of nitrogens with zero attached hydrogens (tertiary/aromatic N) is 3. The summed E-state index contributed by atoms with van der Waals surface area (Å²) in [6, 6.07) is 14.8. The van der Waals surface area contributed by atoms with Crippen LogP contribution in [0.5, 0.6) is 0 Å². The zero-order valence-electron chi connectivity index (χ0n) is 19.5. The first-order valence-corrected chi connectivity index (χ1v) is 12.1. The lowest BCUT2D eigenvalue weighted by Crippen LogP contribution is -2.39. The maximum Gasteiger partial charge on any atom is 0.327 e. The number of esters is 1. The standard InChI is InChI=1S/C25H25N3O6S/c1-25(2,3)34-24(29)18-27(35(32,33)22-12-10-21(11-13-22)28(30)31)23-7-5-4-6-20(23)9-8-19-14-16-26-17-15-19/h4-17H,18H2,1-3H3/b9-8+. The van der Waals surface area contributed by atoms with Crippen LogP contribution in [0.4, 0.5) is 11.4 Å². The SMILES string of the molecule is CC(C)(C)OC(=O)CN(c1ccccc1/C=C/c1ccncc1)S(=O)(=O)c1ccc([N+](=O)[O-])cc1. The molecule has 1 heterocycles. The predicted molar refractivity (Wildman–Crippen MR) is 133 cm³/mol. The Morgan fingerprint density at radius 3 is 2.26 bits per heavy atom. The fourth-order valence-corrected chi connectivity index (χ4v) is 4.61. The highest BCUT2D eigenvalue weighted by molar-refractivity contribution is 7.92. The van der Waals surface area contributed by atoms with E-state index in [2.05, 4.69) is 4.98 Å². The Bertz CT molecular complexity index is 1330. The highest BCUT2D eigenvalue weighted by Gasteiger charge is 2.30. The Balaban J connectivity index is 2.08. The third kappa shape index (κ3) is 6.73. The molecule has 0 amide bonds. The van der Waals surface area contributed by atoms with E-state index in [4.69, 9.17) is 4.74 Å². The second-order valence-electron chi connectivity index (χ2n) is 8.52. The number of non-ortho nitro benzene ring substituents is 1. The number of pyridine rings is 1. The van der Waals surface area contributed by atoms with Crippen LogP contribution >= 0.6 is 0 Å². The van der Waals surface area contributed by atoms with Crippen molar-refractivity contribution >= 4 is 39.5 Å². The molecule has 0 N–H and O–H groups in total. The van der Waals surface area contributed by atoms with Crippen LogP contribution in [0.25, 0.3) is 12.2 Å². The summed E-state index contributed by atoms with van der Waals surface area (Å²) in [4.78, 5) is 26.9. The van der Waals surface area contributed by atoms with Crippen molar-refractivity contribution < 1.29 is 22.9 Å². The Labute approximate surface area is 203 Å². The lowest BCUT2D eigenvalue weighted by atomic mass is 10.1. The van der Waals surface area contributed by atoms with Crippen molar-refractivity contribution in [1.82, 2.24) is 4.98 Å². The van der Waals surface area contributed by atoms with E-state index < -0.39 is 33.1 Å². The van der Waals surface area contributed by atoms with E-state index in [1.807, 2.05) is 0 Å². The smallest absolute Gasteiger partial charge is 0.327 e. The molecule has 0 saturated carbocycles. The maximum absolute atomic E-state index is 13.7. The molecule has 35 heavy (non-hydrogen) atoms. The minimum Gasteiger partial charge on any atom is -0.459 e. The first kappa shape index (κ1) is 25.6. The predicted octanol–water partition coefficient (Wildman–Crippen LogP) is 4.70. The van der Waals surface area contributed by atoms with Gasteiger partial charge < -0.3 is 4.74 Å². The lowest BCUT2D eigenvalue weighted by molar-refractivity contribution is -0.384. The van der Waals surface area contributed by atoms with E-state index >= 15 is 0 Å². The molecule has 10 heteroatoms. The molecule has 3 aromatic rings. The molecule has 0 aliphatic rings. The molecule has 0 bridgehead atoms. The largest absolute Gasteiger partial charge is 0.459 e. The topological polar surface area (TPSA) is 120 Å². The van der Waals surface area contributed by atoms with E-state index in [0.717, 1.165) is 34.1 Å². The molecule has 0 fully saturated rings. The highest BCUT2D eigenvalue weighted by Crippen LogP contribution is 2.29. The highest BCUT2D eigenvalue weighted by atomic mass is 32.2. The van der Waals surface area contributed by atoms with Gasteiger partial charge in [-0.05, 0) is 62.2 Å². The van der Waals surface area contributed by atoms with Gasteiger partial charge >= 0.3 is 5.97 Å². The molecule has 0 unspecified atom stereocenters. The summed E-state index contributed by atoms with van der Waals surface area (Å²) < 4.78 is 33.6. The van der Waals surface area contributed by atoms with Crippen molar-refractivity contribution in [3.8, 4) is 0 Å². The number of carbonyl (C=O) groups is 1. The van der Waals surface area contributed by atoms with Crippen molar-refractivity contribution in [2.45, 2.75) is 31.3 Å². The van der Waals surface area contributed by atoms with Crippen LogP contribution in [0, 0.1) is 10.1 Å². The van der Waals surface area contributed by atoms with Gasteiger partial charge in [0.1, 0.15) is 12.1 Å². The number of hydrogen-bond acceptors (Lipinski definition) is 7. The quantitative estimate of drug-likeness (QED) is 0.252. The average Bonchev–Trinajstić information content (AvgIpc) is 2.81. The number of nitro groups is 1. The van der Waals surface area contributed by atoms with Gasteiger partial charge in [-0.2, -0.15) is 0 Å². The number of hydrogen-bond donors (Lipinski definition) is 0. The number of nitro benzene ring substituents is 1. The van der Waals surface area contributed by atoms with Gasteiger partial charge in [0.2, 0.25) is 0 Å². The van der Waals surface area contributed by atoms with Crippen molar-refractivity contribution in [3.63, 3.8) is 0 Å². The number of ether oxygens (including phenoxy) is 1. The second-order valence-corrected chi connectivity index (χ2v) is 10.4. The number of rotatable bonds is 8. The fraction of sp³-hybridized carbons (Fsp3) is 0.200. The van der Waals surface area contributed by atoms with Crippen LogP contribution in [0.1, 0.15) is 31.9 Å². The number of carbonyl (C=O) groups excluding carboxylic acids is 1. The van der Waals surface area contributed by atoms with E-state index in [9.17, 15) is 23.3 Å². The average molecular weight is 496 g/mol. The molecular weight excluding hydrogens is 470 g/mol. The Morgan fingerprint density at radius 2 is 1.66 bits per heavy atom. The molecule has 0 radical (unpaired) electrons. The first-order chi connectivity index (χ1) is 16.5. The fourth-order valence-electron chi connectivity index (χ4n) is 3.17. The van der Waals surface area contributed by atoms with Gasteiger partial charge in [-0.15, -0.1) is 0 Å². The molecule has 0 saturated heterocycles. The maximum atomic E-state index is 13.7. The molecule has 0 aliphatic carbocycles. The van der Waals surface area contributed by atoms with Crippen molar-refractivity contribution in [2.24, 2.45) is 0 Å². The van der Waals surface area contributed by atoms with Gasteiger partial charge in [-0.3, -0.25) is 24.2 Å². The molecule has 3 rings (SSSR count). The molecule has 0 atom stereocenters. The van der Waals surface area contributed by atoms with Crippen LogP contribution in [-0.4, -0.2) is 36.4 Å². The normalized spacial score (nSPS) is 11.9. The minimum absolute atomic E-state index is 0.195. The Hall–Kier alpha value is -4.05. The summed E-state index contributed by atoms with van der Waals surface area (Å²) in [5.41, 5.74) is 0.580. The molecule has 2 aromatic carbocycles. The minimum atomic E-state index is -4.29. The monoisotopic (exact) mass is 495 g/mol. The summed E-state index contributed by atoms with van der Waals surface area (Å²) in [5, 5.41) is 11.0. The van der Waals surface area contributed by atoms with Crippen LogP contribution in [0.3, 0.4) is 0 Å². The van der Waals surface area contributed by atoms with Crippen LogP contribution < -0.4 is 4.31 Å². The third-order valence-corrected chi connectivity index (χ3v) is 6.47. The second kappa shape index (κ2) is 10.5. The van der Waals surface area contributed by atoms with Gasteiger partial charge in [-0.25, -0.2) is 8.42 Å². The number of aromatic nitrogens is 1. The summed E-state index contributed by atoms with van der Waals surface area (Å²) >= 11 is 0. The van der Waals surface area contributed by atoms with E-state index in [-0.39, 0.29) is 16.3 Å². The molecule has 0 aliphatic heterocycles. The van der Waals surface area contributed by atoms with Gasteiger partial charge in [0.15, 0.2) is 0 Å². The van der Waals surface area contributed by atoms with E-state index in [0.29, 0.717) is 5.56 Å². The van der Waals surface area contributed by atoms with Crippen molar-refractivity contribution in [1.29, 1.82) is 0 Å². The summed E-state index contributed by atoms with van der Waals surface area (Å²) in [7, 11) is -4.29. The Morgan fingerprint density at radius 1 is 1.03 bits per heavy atom. The molecular formula is C25H25N3O6S. The molecule has 9 nitrogen and oxygen atoms in total. The van der Waals surface area contributed by atoms with Crippen LogP contribution in [0.15, 0.2) is 78.0 Å². The van der Waals surface area contributed by atoms with Gasteiger partial charge in [0.25, 0.3) is 15.7 Å². The summed E-state index contributed by atoms with van der Waals surface area (Å²) in [6.45, 7) is 4.47. The van der Waals surface area contributed by atoms with Crippen LogP contribution in [-0.2, 0) is 19.6 Å². The number of para-hydroxylation sites is 1. The van der Waals surface area contributed by atoms with Gasteiger partial charge in [-0.1, -0.05) is 30.4 Å². The molecule has 1 aromatic heterocycles. The molecule has 182 valence electrons. The number of benzene rings is 2. The summed E-state index contributed by atoms with van der Waals surface area (Å²) in [6.07, 6.45) is 6.81. The van der Waals surface area contributed by atoms with Gasteiger partial charge in [0.05, 0.1) is 15.5 Å². The zero-order valence-corrected chi connectivity index (χ0v) is 20.3. The van der Waals surface area contributed by atoms with E-state index in [1.165, 1.54) is 0 Å². The van der Waals surface area contributed by atoms with Crippen molar-refractivity contribution in [3.05, 3.63) is 94.3 Å². The lowest BCUT2D eigenvalue weighted by Gasteiger charge is -2.27. The first-order valence-electron chi connectivity index (χ1n) is 10.6. The number of sulfonamides is 1. The van der Waals surface area contributed by atoms with E-state index in [1.54, 1.807) is 81.7 Å². The molecule has 0 spiro atoms. The van der Waals surface area contributed by atoms with Crippen LogP contribution in [0.2, 0.25) is 0 Å². The zero-order chi connectivity index (χ0) is 25.6. The number of anilines is 1. The summed E-state index contributed by atoms with van der Waals surface area (Å²) in [5.74, 6) is -0.740. The third-order valence-electron chi connectivity index (χ3n) is 4.70.